The summed E-state index contributed by atoms with van der Waals surface area (Å²) in [5.41, 5.74) is 0.507. The third kappa shape index (κ3) is 5.94. The van der Waals surface area contributed by atoms with E-state index in [-0.39, 0.29) is 19.0 Å². The molecule has 12 heteroatoms. The quantitative estimate of drug-likeness (QED) is 0.348. The lowest BCUT2D eigenvalue weighted by Gasteiger charge is -2.16. The monoisotopic (exact) mass is 508 g/mol. The summed E-state index contributed by atoms with van der Waals surface area (Å²) < 4.78 is 7.82. The van der Waals surface area contributed by atoms with Crippen LogP contribution in [-0.4, -0.2) is 35.2 Å². The predicted molar refractivity (Wildman–Crippen MR) is 132 cm³/mol. The SMILES string of the molecule is Cc1cc(Nc2nc(=O)n(CCC(=O)O)c(=O)n2Cc2ccc(Cl)cc2)ccc1Oc1cnccn1. The first-order valence-electron chi connectivity index (χ1n) is 10.8. The van der Waals surface area contributed by atoms with Crippen molar-refractivity contribution < 1.29 is 14.6 Å². The van der Waals surface area contributed by atoms with Crippen LogP contribution in [0.25, 0.3) is 0 Å². The van der Waals surface area contributed by atoms with Gasteiger partial charge in [-0.25, -0.2) is 19.1 Å². The van der Waals surface area contributed by atoms with Crippen molar-refractivity contribution in [2.75, 3.05) is 5.32 Å². The lowest BCUT2D eigenvalue weighted by atomic mass is 10.2. The zero-order valence-corrected chi connectivity index (χ0v) is 19.8. The number of aliphatic carboxylic acids is 1. The first-order valence-corrected chi connectivity index (χ1v) is 11.2. The third-order valence-electron chi connectivity index (χ3n) is 5.14. The maximum Gasteiger partial charge on any atom is 0.354 e. The molecule has 0 aliphatic heterocycles. The van der Waals surface area contributed by atoms with Crippen molar-refractivity contribution in [2.45, 2.75) is 26.4 Å². The van der Waals surface area contributed by atoms with Crippen LogP contribution in [0.3, 0.4) is 0 Å². The fourth-order valence-corrected chi connectivity index (χ4v) is 3.49. The van der Waals surface area contributed by atoms with Gasteiger partial charge in [-0.3, -0.25) is 14.3 Å². The Hall–Kier alpha value is -4.51. The summed E-state index contributed by atoms with van der Waals surface area (Å²) in [6.07, 6.45) is 4.16. The van der Waals surface area contributed by atoms with Gasteiger partial charge in [-0.15, -0.1) is 0 Å². The Kier molecular flexibility index (Phi) is 7.40. The van der Waals surface area contributed by atoms with Crippen molar-refractivity contribution in [3.63, 3.8) is 0 Å². The second-order valence-electron chi connectivity index (χ2n) is 7.76. The molecular formula is C24H21ClN6O5. The highest BCUT2D eigenvalue weighted by atomic mass is 35.5. The summed E-state index contributed by atoms with van der Waals surface area (Å²) in [5.74, 6) is -0.234. The van der Waals surface area contributed by atoms with Gasteiger partial charge in [0.1, 0.15) is 5.75 Å². The van der Waals surface area contributed by atoms with E-state index in [0.717, 1.165) is 15.7 Å². The van der Waals surface area contributed by atoms with Gasteiger partial charge in [-0.1, -0.05) is 23.7 Å². The molecule has 36 heavy (non-hydrogen) atoms. The molecule has 0 atom stereocenters. The van der Waals surface area contributed by atoms with E-state index in [1.165, 1.54) is 17.0 Å². The van der Waals surface area contributed by atoms with Gasteiger partial charge < -0.3 is 15.2 Å². The fourth-order valence-electron chi connectivity index (χ4n) is 3.36. The van der Waals surface area contributed by atoms with Gasteiger partial charge in [0.2, 0.25) is 11.8 Å². The van der Waals surface area contributed by atoms with E-state index >= 15 is 0 Å². The molecule has 0 saturated carbocycles. The van der Waals surface area contributed by atoms with Crippen LogP contribution >= 0.6 is 11.6 Å². The van der Waals surface area contributed by atoms with Crippen molar-refractivity contribution in [1.82, 2.24) is 24.1 Å². The summed E-state index contributed by atoms with van der Waals surface area (Å²) in [5, 5.41) is 12.5. The molecule has 0 bridgehead atoms. The smallest absolute Gasteiger partial charge is 0.354 e. The highest BCUT2D eigenvalue weighted by Gasteiger charge is 2.16. The van der Waals surface area contributed by atoms with Crippen LogP contribution in [-0.2, 0) is 17.9 Å². The molecule has 2 N–H and O–H groups in total. The molecule has 0 saturated heterocycles. The minimum Gasteiger partial charge on any atom is -0.481 e. The van der Waals surface area contributed by atoms with E-state index < -0.39 is 23.8 Å². The summed E-state index contributed by atoms with van der Waals surface area (Å²) >= 11 is 5.97. The summed E-state index contributed by atoms with van der Waals surface area (Å²) in [7, 11) is 0. The largest absolute Gasteiger partial charge is 0.481 e. The van der Waals surface area contributed by atoms with Crippen LogP contribution in [0.5, 0.6) is 11.6 Å². The molecule has 4 rings (SSSR count). The third-order valence-corrected chi connectivity index (χ3v) is 5.39. The standard InChI is InChI=1S/C24H21ClN6O5/c1-15-12-18(6-7-19(15)36-20-13-26-9-10-27-20)28-22-29-23(34)30(11-8-21(32)33)24(35)31(22)14-16-2-4-17(25)5-3-16/h2-7,9-10,12-13H,8,11,14H2,1H3,(H,32,33)(H,28,29,34). The van der Waals surface area contributed by atoms with Crippen molar-refractivity contribution in [2.24, 2.45) is 0 Å². The number of anilines is 2. The number of carboxylic acids is 1. The van der Waals surface area contributed by atoms with E-state index in [0.29, 0.717) is 22.3 Å². The van der Waals surface area contributed by atoms with Crippen LogP contribution < -0.4 is 21.4 Å². The number of halogens is 1. The lowest BCUT2D eigenvalue weighted by Crippen LogP contribution is -2.43. The molecular weight excluding hydrogens is 488 g/mol. The normalized spacial score (nSPS) is 10.7. The fraction of sp³-hybridized carbons (Fsp3) is 0.167. The van der Waals surface area contributed by atoms with Crippen molar-refractivity contribution in [1.29, 1.82) is 0 Å². The number of aryl methyl sites for hydroxylation is 1. The maximum atomic E-state index is 13.2. The van der Waals surface area contributed by atoms with E-state index in [2.05, 4.69) is 20.3 Å². The Morgan fingerprint density at radius 1 is 1.11 bits per heavy atom. The van der Waals surface area contributed by atoms with Crippen LogP contribution in [0.15, 0.2) is 70.6 Å². The average Bonchev–Trinajstić information content (AvgIpc) is 2.85. The van der Waals surface area contributed by atoms with Gasteiger partial charge in [-0.05, 0) is 48.4 Å². The summed E-state index contributed by atoms with van der Waals surface area (Å²) in [4.78, 5) is 48.9. The molecule has 0 spiro atoms. The van der Waals surface area contributed by atoms with Crippen LogP contribution in [0, 0.1) is 6.92 Å². The molecule has 0 unspecified atom stereocenters. The van der Waals surface area contributed by atoms with Gasteiger partial charge in [-0.2, -0.15) is 4.98 Å². The Bertz CT molecular complexity index is 1500. The van der Waals surface area contributed by atoms with Gasteiger partial charge >= 0.3 is 17.3 Å². The second-order valence-corrected chi connectivity index (χ2v) is 8.20. The van der Waals surface area contributed by atoms with Crippen molar-refractivity contribution in [3.05, 3.63) is 98.2 Å². The van der Waals surface area contributed by atoms with Crippen LogP contribution in [0.4, 0.5) is 11.6 Å². The van der Waals surface area contributed by atoms with Crippen molar-refractivity contribution >= 4 is 29.2 Å². The number of ether oxygens (including phenoxy) is 1. The second kappa shape index (κ2) is 10.8. The lowest BCUT2D eigenvalue weighted by molar-refractivity contribution is -0.137. The molecule has 184 valence electrons. The molecule has 0 radical (unpaired) electrons. The number of aromatic nitrogens is 5. The number of nitrogens with one attached hydrogen (secondary N) is 1. The number of hydrogen-bond donors (Lipinski definition) is 2. The number of hydrogen-bond acceptors (Lipinski definition) is 8. The molecule has 0 amide bonds. The van der Waals surface area contributed by atoms with Gasteiger partial charge in [0.05, 0.1) is 19.2 Å². The summed E-state index contributed by atoms with van der Waals surface area (Å²) in [6, 6.07) is 12.0. The Morgan fingerprint density at radius 2 is 1.89 bits per heavy atom. The van der Waals surface area contributed by atoms with E-state index in [9.17, 15) is 14.4 Å². The molecule has 0 aliphatic carbocycles. The Morgan fingerprint density at radius 3 is 2.56 bits per heavy atom. The van der Waals surface area contributed by atoms with E-state index in [1.54, 1.807) is 48.7 Å². The minimum absolute atomic E-state index is 0.00789. The van der Waals surface area contributed by atoms with Gasteiger partial charge in [0.25, 0.3) is 0 Å². The van der Waals surface area contributed by atoms with E-state index in [4.69, 9.17) is 21.4 Å². The molecule has 0 aliphatic rings. The molecule has 2 aromatic heterocycles. The first kappa shape index (κ1) is 24.6. The molecule has 4 aromatic rings. The molecule has 2 heterocycles. The topological polar surface area (TPSA) is 141 Å². The highest BCUT2D eigenvalue weighted by molar-refractivity contribution is 6.30. The number of rotatable bonds is 9. The zero-order valence-electron chi connectivity index (χ0n) is 19.1. The Labute approximate surface area is 209 Å². The number of benzene rings is 2. The van der Waals surface area contributed by atoms with Gasteiger partial charge in [0, 0.05) is 29.6 Å². The number of carbonyl (C=O) groups is 1. The molecule has 11 nitrogen and oxygen atoms in total. The zero-order chi connectivity index (χ0) is 25.7. The van der Waals surface area contributed by atoms with Gasteiger partial charge in [0.15, 0.2) is 0 Å². The maximum absolute atomic E-state index is 13.2. The molecule has 2 aromatic carbocycles. The van der Waals surface area contributed by atoms with Crippen LogP contribution in [0.2, 0.25) is 5.02 Å². The molecule has 0 fully saturated rings. The minimum atomic E-state index is -1.13. The number of nitrogens with zero attached hydrogens (tertiary/aromatic N) is 5. The highest BCUT2D eigenvalue weighted by Crippen LogP contribution is 2.27. The van der Waals surface area contributed by atoms with Crippen LogP contribution in [0.1, 0.15) is 17.5 Å². The average molecular weight is 509 g/mol. The first-order chi connectivity index (χ1) is 17.3. The Balaban J connectivity index is 1.68. The van der Waals surface area contributed by atoms with E-state index in [1.807, 2.05) is 6.92 Å². The number of carboxylic acid groups (broad SMARTS) is 1. The van der Waals surface area contributed by atoms with Crippen molar-refractivity contribution in [3.8, 4) is 11.6 Å². The summed E-state index contributed by atoms with van der Waals surface area (Å²) in [6.45, 7) is 1.61. The predicted octanol–water partition coefficient (Wildman–Crippen LogP) is 3.22.